The minimum absolute atomic E-state index is 0. The van der Waals surface area contributed by atoms with E-state index >= 15 is 0 Å². The Labute approximate surface area is 341 Å². The van der Waals surface area contributed by atoms with Crippen LogP contribution in [0.5, 0.6) is 0 Å². The molecule has 0 aromatic heterocycles. The molecule has 0 radical (unpaired) electrons. The number of nitrogens with zero attached hydrogens (tertiary/aromatic N) is 4. The molecule has 0 saturated heterocycles. The predicted octanol–water partition coefficient (Wildman–Crippen LogP) is -7.75. The van der Waals surface area contributed by atoms with Crippen molar-refractivity contribution in [1.82, 2.24) is 19.6 Å². The Hall–Kier alpha value is -2.16. The zero-order valence-corrected chi connectivity index (χ0v) is 36.5. The molecule has 312 valence electrons. The van der Waals surface area contributed by atoms with E-state index in [1.807, 2.05) is 28.2 Å². The fourth-order valence-electron chi connectivity index (χ4n) is 2.60. The van der Waals surface area contributed by atoms with Crippen LogP contribution >= 0.6 is 0 Å². The van der Waals surface area contributed by atoms with Crippen LogP contribution in [0.15, 0.2) is 49.6 Å². The van der Waals surface area contributed by atoms with Gasteiger partial charge in [0.1, 0.15) is 13.2 Å². The van der Waals surface area contributed by atoms with Crippen LogP contribution in [0.3, 0.4) is 0 Å². The van der Waals surface area contributed by atoms with Gasteiger partial charge in [-0.15, -0.1) is 0 Å². The van der Waals surface area contributed by atoms with Gasteiger partial charge in [-0.05, 0) is 81.1 Å². The average Bonchev–Trinajstić information content (AvgIpc) is 3.08. The first kappa shape index (κ1) is 67.9. The maximum absolute atomic E-state index is 10.9. The third-order valence-electron chi connectivity index (χ3n) is 6.46. The highest BCUT2D eigenvalue weighted by Crippen LogP contribution is 1.95. The smallest absolute Gasteiger partial charge is 0.333 e. The van der Waals surface area contributed by atoms with Gasteiger partial charge in [0, 0.05) is 49.5 Å². The van der Waals surface area contributed by atoms with Crippen LogP contribution in [0.1, 0.15) is 54.4 Å². The van der Waals surface area contributed by atoms with Gasteiger partial charge in [-0.25, -0.2) is 19.2 Å². The van der Waals surface area contributed by atoms with Crippen molar-refractivity contribution in [3.05, 3.63) is 49.6 Å². The van der Waals surface area contributed by atoms with E-state index in [1.54, 1.807) is 13.8 Å². The van der Waals surface area contributed by atoms with Gasteiger partial charge >= 0.3 is 23.9 Å². The Morgan fingerprint density at radius 3 is 1.02 bits per heavy atom. The maximum Gasteiger partial charge on any atom is 0.333 e. The number of carbonyl (C=O) groups is 4. The van der Waals surface area contributed by atoms with Crippen molar-refractivity contribution >= 4 is 23.9 Å². The third kappa shape index (κ3) is 54.6. The Kier molecular flexibility index (Phi) is 63.8. The summed E-state index contributed by atoms with van der Waals surface area (Å²) in [5, 5.41) is 0. The highest BCUT2D eigenvalue weighted by Gasteiger charge is 2.04. The van der Waals surface area contributed by atoms with Crippen LogP contribution in [-0.4, -0.2) is 150 Å². The number of esters is 4. The number of likely N-dealkylation sites (N-methyl/N-ethyl adjacent to an activating group) is 2. The number of halogens is 4. The van der Waals surface area contributed by atoms with E-state index in [0.717, 1.165) is 65.2 Å². The first-order chi connectivity index (χ1) is 22.6. The molecule has 0 heterocycles. The molecular weight excluding hydrogens is 758 g/mol. The monoisotopic (exact) mass is 824 g/mol. The molecule has 0 fully saturated rings. The maximum atomic E-state index is 10.9. The Bertz CT molecular complexity index is 929. The molecule has 0 aromatic rings. The first-order valence-corrected chi connectivity index (χ1v) is 16.5. The van der Waals surface area contributed by atoms with Gasteiger partial charge in [0.15, 0.2) is 0 Å². The van der Waals surface area contributed by atoms with Crippen molar-refractivity contribution in [2.45, 2.75) is 54.4 Å². The fraction of sp³-hybridized carbons (Fsp3) is 0.667. The summed E-state index contributed by atoms with van der Waals surface area (Å²) in [6, 6.07) is 0. The molecule has 0 saturated carbocycles. The Balaban J connectivity index is -0.0000000808. The lowest BCUT2D eigenvalue weighted by molar-refractivity contribution is -0.140. The standard InChI is InChI=1S/C10H19NO2.2C9H17NO2.C8H15NO2.4ClH/c1-5-11(4)7-6-8-13-10(12)9(2)3;1-5-10(4)6-7-12-9(11)8(2)3;1-4-9(11)12-8-6-7-10(3)5-2;1-4-8(10)11-7-6-9(3)5-2;;;;/h2,5-8H2,1,3-4H3;2,5-7H2,1,3-4H3;4H,1,5-8H2,2-3H3;4H,1,5-7H2,2-3H3;4*1H/p-4. The third-order valence-corrected chi connectivity index (χ3v) is 6.46. The van der Waals surface area contributed by atoms with Crippen LogP contribution in [0, 0.1) is 0 Å². The van der Waals surface area contributed by atoms with Gasteiger partial charge in [0.05, 0.1) is 13.2 Å². The molecule has 0 aliphatic rings. The van der Waals surface area contributed by atoms with Crippen molar-refractivity contribution in [1.29, 1.82) is 0 Å². The molecule has 0 amide bonds. The number of hydrogen-bond donors (Lipinski definition) is 0. The minimum Gasteiger partial charge on any atom is -1.00 e. The number of ether oxygens (including phenoxy) is 4. The quantitative estimate of drug-likeness (QED) is 0.0447. The lowest BCUT2D eigenvalue weighted by Gasteiger charge is -2.13. The van der Waals surface area contributed by atoms with Gasteiger partial charge < -0.3 is 88.2 Å². The second kappa shape index (κ2) is 48.8. The van der Waals surface area contributed by atoms with E-state index in [2.05, 4.69) is 73.6 Å². The van der Waals surface area contributed by atoms with Crippen molar-refractivity contribution in [2.75, 3.05) is 107 Å². The number of rotatable bonds is 22. The molecule has 12 nitrogen and oxygen atoms in total. The van der Waals surface area contributed by atoms with E-state index < -0.39 is 0 Å². The molecule has 52 heavy (non-hydrogen) atoms. The molecule has 0 aliphatic carbocycles. The summed E-state index contributed by atoms with van der Waals surface area (Å²) in [4.78, 5) is 51.4. The largest absolute Gasteiger partial charge is 1.00 e. The molecule has 16 heteroatoms. The van der Waals surface area contributed by atoms with E-state index in [0.29, 0.717) is 37.6 Å². The van der Waals surface area contributed by atoms with Crippen LogP contribution in [0.2, 0.25) is 0 Å². The molecule has 0 bridgehead atoms. The van der Waals surface area contributed by atoms with E-state index in [-0.39, 0.29) is 73.5 Å². The summed E-state index contributed by atoms with van der Waals surface area (Å²) >= 11 is 0. The van der Waals surface area contributed by atoms with Crippen LogP contribution in [0.4, 0.5) is 0 Å². The van der Waals surface area contributed by atoms with Gasteiger partial charge in [-0.1, -0.05) is 54.0 Å². The highest BCUT2D eigenvalue weighted by atomic mass is 35.5. The summed E-state index contributed by atoms with van der Waals surface area (Å²) in [5.74, 6) is -1.29. The molecule has 0 N–H and O–H groups in total. The molecule has 0 aromatic carbocycles. The summed E-state index contributed by atoms with van der Waals surface area (Å²) in [6.45, 7) is 34.5. The van der Waals surface area contributed by atoms with Gasteiger partial charge in [-0.2, -0.15) is 0 Å². The molecule has 0 aliphatic heterocycles. The molecule has 0 unspecified atom stereocenters. The van der Waals surface area contributed by atoms with Crippen molar-refractivity contribution in [3.8, 4) is 0 Å². The van der Waals surface area contributed by atoms with Gasteiger partial charge in [0.2, 0.25) is 0 Å². The molecule has 0 atom stereocenters. The average molecular weight is 827 g/mol. The van der Waals surface area contributed by atoms with Crippen molar-refractivity contribution < 1.29 is 87.8 Å². The number of hydrogen-bond acceptors (Lipinski definition) is 12. The zero-order chi connectivity index (χ0) is 37.9. The second-order valence-electron chi connectivity index (χ2n) is 10.9. The summed E-state index contributed by atoms with van der Waals surface area (Å²) < 4.78 is 19.4. The molecular formula is C36H68Cl4N4O8-4. The first-order valence-electron chi connectivity index (χ1n) is 16.5. The van der Waals surface area contributed by atoms with Crippen molar-refractivity contribution in [3.63, 3.8) is 0 Å². The van der Waals surface area contributed by atoms with Crippen LogP contribution in [-0.2, 0) is 38.1 Å². The predicted molar refractivity (Wildman–Crippen MR) is 196 cm³/mol. The van der Waals surface area contributed by atoms with E-state index in [9.17, 15) is 19.2 Å². The van der Waals surface area contributed by atoms with Crippen LogP contribution in [0.25, 0.3) is 0 Å². The van der Waals surface area contributed by atoms with Crippen LogP contribution < -0.4 is 49.6 Å². The Morgan fingerprint density at radius 1 is 0.481 bits per heavy atom. The second-order valence-corrected chi connectivity index (χ2v) is 10.9. The topological polar surface area (TPSA) is 118 Å². The Morgan fingerprint density at radius 2 is 0.731 bits per heavy atom. The fourth-order valence-corrected chi connectivity index (χ4v) is 2.60. The lowest BCUT2D eigenvalue weighted by Crippen LogP contribution is -3.00. The van der Waals surface area contributed by atoms with Crippen molar-refractivity contribution in [2.24, 2.45) is 0 Å². The number of carbonyl (C=O) groups excluding carboxylic acids is 4. The van der Waals surface area contributed by atoms with E-state index in [1.165, 1.54) is 12.2 Å². The summed E-state index contributed by atoms with van der Waals surface area (Å²) in [6.07, 6.45) is 4.11. The SMILES string of the molecule is C=C(C)C(=O)OCCCN(C)CC.C=C(C)C(=O)OCCN(C)CC.C=CC(=O)OCCCN(C)CC.C=CC(=O)OCCN(C)CC.[Cl-].[Cl-].[Cl-].[Cl-]. The zero-order valence-electron chi connectivity index (χ0n) is 33.4. The van der Waals surface area contributed by atoms with Gasteiger partial charge in [0.25, 0.3) is 0 Å². The van der Waals surface area contributed by atoms with E-state index in [4.69, 9.17) is 18.9 Å². The molecule has 0 spiro atoms. The van der Waals surface area contributed by atoms with Gasteiger partial charge in [-0.3, -0.25) is 0 Å². The lowest BCUT2D eigenvalue weighted by atomic mass is 10.3. The normalized spacial score (nSPS) is 9.19. The summed E-state index contributed by atoms with van der Waals surface area (Å²) in [5.41, 5.74) is 0.915. The molecule has 0 rings (SSSR count). The minimum atomic E-state index is -0.352. The summed E-state index contributed by atoms with van der Waals surface area (Å²) in [7, 11) is 8.03. The highest BCUT2D eigenvalue weighted by molar-refractivity contribution is 5.87.